The molecule has 0 saturated carbocycles. The van der Waals surface area contributed by atoms with Gasteiger partial charge in [-0.25, -0.2) is 8.42 Å². The van der Waals surface area contributed by atoms with Crippen molar-refractivity contribution < 1.29 is 17.9 Å². The first kappa shape index (κ1) is 17.6. The zero-order valence-corrected chi connectivity index (χ0v) is 15.0. The number of rotatable bonds is 5. The molecule has 6 nitrogen and oxygen atoms in total. The van der Waals surface area contributed by atoms with Crippen molar-refractivity contribution in [3.63, 3.8) is 0 Å². The van der Waals surface area contributed by atoms with Crippen LogP contribution >= 0.6 is 27.5 Å². The molecule has 0 aliphatic rings. The Morgan fingerprint density at radius 1 is 1.26 bits per heavy atom. The third-order valence-corrected chi connectivity index (χ3v) is 4.98. The number of carbonyl (C=O) groups excluding carboxylic acids is 1. The number of amides is 1. The van der Waals surface area contributed by atoms with Crippen molar-refractivity contribution in [2.45, 2.75) is 4.90 Å². The van der Waals surface area contributed by atoms with Gasteiger partial charge in [0.05, 0.1) is 23.3 Å². The van der Waals surface area contributed by atoms with Gasteiger partial charge < -0.3 is 10.5 Å². The first-order valence-corrected chi connectivity index (χ1v) is 8.85. The van der Waals surface area contributed by atoms with E-state index < -0.39 is 15.9 Å². The van der Waals surface area contributed by atoms with Crippen LogP contribution in [0.1, 0.15) is 10.4 Å². The summed E-state index contributed by atoms with van der Waals surface area (Å²) in [6.07, 6.45) is 0. The summed E-state index contributed by atoms with van der Waals surface area (Å²) in [6, 6.07) is 8.57. The Labute approximate surface area is 146 Å². The van der Waals surface area contributed by atoms with Gasteiger partial charge in [-0.15, -0.1) is 0 Å². The number of methoxy groups -OCH3 is 1. The SMILES string of the molecule is COc1c(NS(=O)(=O)c2ccc(Cl)cc2)cc(Br)cc1C(N)=O. The van der Waals surface area contributed by atoms with Crippen molar-refractivity contribution in [2.24, 2.45) is 5.73 Å². The van der Waals surface area contributed by atoms with E-state index in [1.807, 2.05) is 0 Å². The Kier molecular flexibility index (Phi) is 5.18. The molecule has 122 valence electrons. The average Bonchev–Trinajstić information content (AvgIpc) is 2.46. The van der Waals surface area contributed by atoms with Crippen LogP contribution in [-0.2, 0) is 10.0 Å². The number of ether oxygens (including phenoxy) is 1. The lowest BCUT2D eigenvalue weighted by atomic mass is 10.1. The standard InChI is InChI=1S/C14H12BrClN2O4S/c1-22-13-11(14(17)19)6-8(15)7-12(13)18-23(20,21)10-4-2-9(16)3-5-10/h2-7,18H,1H3,(H2,17,19). The lowest BCUT2D eigenvalue weighted by Gasteiger charge is -2.15. The van der Waals surface area contributed by atoms with Crippen molar-refractivity contribution in [2.75, 3.05) is 11.8 Å². The minimum Gasteiger partial charge on any atom is -0.494 e. The maximum absolute atomic E-state index is 12.4. The summed E-state index contributed by atoms with van der Waals surface area (Å²) in [4.78, 5) is 11.5. The van der Waals surface area contributed by atoms with E-state index in [1.54, 1.807) is 0 Å². The molecule has 2 aromatic carbocycles. The zero-order chi connectivity index (χ0) is 17.2. The molecule has 0 spiro atoms. The lowest BCUT2D eigenvalue weighted by molar-refractivity contribution is 0.0997. The summed E-state index contributed by atoms with van der Waals surface area (Å²) in [5.74, 6) is -0.701. The van der Waals surface area contributed by atoms with Crippen LogP contribution in [0.3, 0.4) is 0 Å². The Morgan fingerprint density at radius 3 is 2.39 bits per heavy atom. The fraction of sp³-hybridized carbons (Fsp3) is 0.0714. The maximum atomic E-state index is 12.4. The van der Waals surface area contributed by atoms with Crippen LogP contribution in [0.25, 0.3) is 0 Å². The minimum absolute atomic E-state index is 0.0181. The van der Waals surface area contributed by atoms with Gasteiger partial charge in [0, 0.05) is 9.50 Å². The largest absolute Gasteiger partial charge is 0.494 e. The van der Waals surface area contributed by atoms with Crippen molar-refractivity contribution in [1.29, 1.82) is 0 Å². The number of benzene rings is 2. The van der Waals surface area contributed by atoms with Crippen LogP contribution < -0.4 is 15.2 Å². The van der Waals surface area contributed by atoms with E-state index in [0.29, 0.717) is 9.50 Å². The van der Waals surface area contributed by atoms with Crippen molar-refractivity contribution in [3.05, 3.63) is 51.5 Å². The van der Waals surface area contributed by atoms with E-state index in [4.69, 9.17) is 22.1 Å². The van der Waals surface area contributed by atoms with Crippen molar-refractivity contribution in [1.82, 2.24) is 0 Å². The van der Waals surface area contributed by atoms with E-state index in [1.165, 1.54) is 43.5 Å². The van der Waals surface area contributed by atoms with E-state index in [2.05, 4.69) is 20.7 Å². The summed E-state index contributed by atoms with van der Waals surface area (Å²) >= 11 is 8.96. The number of anilines is 1. The molecule has 0 aromatic heterocycles. The Bertz CT molecular complexity index is 854. The molecule has 0 fully saturated rings. The molecule has 0 aliphatic carbocycles. The number of carbonyl (C=O) groups is 1. The summed E-state index contributed by atoms with van der Waals surface area (Å²) in [6.45, 7) is 0. The van der Waals surface area contributed by atoms with Crippen LogP contribution in [0, 0.1) is 0 Å². The van der Waals surface area contributed by atoms with Gasteiger partial charge in [-0.05, 0) is 36.4 Å². The molecule has 0 bridgehead atoms. The monoisotopic (exact) mass is 418 g/mol. The second-order valence-electron chi connectivity index (χ2n) is 4.46. The van der Waals surface area contributed by atoms with Gasteiger partial charge in [0.15, 0.2) is 5.75 Å². The predicted octanol–water partition coefficient (Wildman–Crippen LogP) is 3.01. The molecule has 0 aliphatic heterocycles. The number of hydrogen-bond acceptors (Lipinski definition) is 4. The lowest BCUT2D eigenvalue weighted by Crippen LogP contribution is -2.17. The van der Waals surface area contributed by atoms with Gasteiger partial charge >= 0.3 is 0 Å². The van der Waals surface area contributed by atoms with Gasteiger partial charge in [-0.3, -0.25) is 9.52 Å². The Balaban J connectivity index is 2.50. The molecule has 0 heterocycles. The highest BCUT2D eigenvalue weighted by molar-refractivity contribution is 9.10. The number of nitrogens with two attached hydrogens (primary N) is 1. The Hall–Kier alpha value is -1.77. The second kappa shape index (κ2) is 6.77. The van der Waals surface area contributed by atoms with Gasteiger partial charge in [0.1, 0.15) is 0 Å². The van der Waals surface area contributed by atoms with Gasteiger partial charge in [-0.2, -0.15) is 0 Å². The quantitative estimate of drug-likeness (QED) is 0.778. The predicted molar refractivity (Wildman–Crippen MR) is 91.5 cm³/mol. The molecule has 23 heavy (non-hydrogen) atoms. The van der Waals surface area contributed by atoms with Gasteiger partial charge in [0.2, 0.25) is 0 Å². The molecule has 0 unspecified atom stereocenters. The van der Waals surface area contributed by atoms with Crippen molar-refractivity contribution in [3.8, 4) is 5.75 Å². The van der Waals surface area contributed by atoms with Crippen LogP contribution in [0.4, 0.5) is 5.69 Å². The number of halogens is 2. The topological polar surface area (TPSA) is 98.5 Å². The fourth-order valence-corrected chi connectivity index (χ4v) is 3.53. The van der Waals surface area contributed by atoms with Crippen LogP contribution in [0.5, 0.6) is 5.75 Å². The summed E-state index contributed by atoms with van der Waals surface area (Å²) in [7, 11) is -2.57. The summed E-state index contributed by atoms with van der Waals surface area (Å²) in [5.41, 5.74) is 5.43. The minimum atomic E-state index is -3.88. The molecule has 1 amide bonds. The normalized spacial score (nSPS) is 11.1. The fourth-order valence-electron chi connectivity index (χ4n) is 1.89. The smallest absolute Gasteiger partial charge is 0.262 e. The number of primary amides is 1. The highest BCUT2D eigenvalue weighted by Crippen LogP contribution is 2.34. The van der Waals surface area contributed by atoms with E-state index in [9.17, 15) is 13.2 Å². The third kappa shape index (κ3) is 3.95. The maximum Gasteiger partial charge on any atom is 0.262 e. The molecule has 0 saturated heterocycles. The Morgan fingerprint density at radius 2 is 1.87 bits per heavy atom. The molecule has 9 heteroatoms. The highest BCUT2D eigenvalue weighted by Gasteiger charge is 2.21. The summed E-state index contributed by atoms with van der Waals surface area (Å²) in [5, 5.41) is 0.417. The van der Waals surface area contributed by atoms with E-state index in [0.717, 1.165) is 0 Å². The van der Waals surface area contributed by atoms with Crippen LogP contribution in [0.15, 0.2) is 45.8 Å². The molecule has 0 radical (unpaired) electrons. The molecule has 0 atom stereocenters. The first-order chi connectivity index (χ1) is 10.7. The second-order valence-corrected chi connectivity index (χ2v) is 7.49. The zero-order valence-electron chi connectivity index (χ0n) is 11.8. The number of hydrogen-bond donors (Lipinski definition) is 2. The highest BCUT2D eigenvalue weighted by atomic mass is 79.9. The van der Waals surface area contributed by atoms with Gasteiger partial charge in [0.25, 0.3) is 15.9 Å². The van der Waals surface area contributed by atoms with Crippen LogP contribution in [-0.4, -0.2) is 21.4 Å². The number of sulfonamides is 1. The average molecular weight is 420 g/mol. The number of nitrogens with one attached hydrogen (secondary N) is 1. The van der Waals surface area contributed by atoms with E-state index >= 15 is 0 Å². The third-order valence-electron chi connectivity index (χ3n) is 2.89. The molecular weight excluding hydrogens is 408 g/mol. The molecule has 2 rings (SSSR count). The van der Waals surface area contributed by atoms with Crippen molar-refractivity contribution >= 4 is 49.1 Å². The first-order valence-electron chi connectivity index (χ1n) is 6.20. The molecular formula is C14H12BrClN2O4S. The molecule has 3 N–H and O–H groups in total. The van der Waals surface area contributed by atoms with E-state index in [-0.39, 0.29) is 21.9 Å². The van der Waals surface area contributed by atoms with Gasteiger partial charge in [-0.1, -0.05) is 27.5 Å². The molecule has 2 aromatic rings. The summed E-state index contributed by atoms with van der Waals surface area (Å²) < 4.78 is 32.8. The van der Waals surface area contributed by atoms with Crippen LogP contribution in [0.2, 0.25) is 5.02 Å².